The predicted octanol–water partition coefficient (Wildman–Crippen LogP) is 2.83. The molecule has 0 amide bonds. The average Bonchev–Trinajstić information content (AvgIpc) is 2.53. The minimum absolute atomic E-state index is 0.130. The van der Waals surface area contributed by atoms with Crippen molar-refractivity contribution in [2.45, 2.75) is 0 Å². The zero-order chi connectivity index (χ0) is 16.3. The number of esters is 1. The molecule has 0 fully saturated rings. The minimum atomic E-state index is -0.606. The van der Waals surface area contributed by atoms with Crippen molar-refractivity contribution < 1.29 is 13.9 Å². The highest BCUT2D eigenvalue weighted by Gasteiger charge is 2.15. The summed E-state index contributed by atoms with van der Waals surface area (Å²) in [7, 11) is 2.88. The number of anilines is 3. The van der Waals surface area contributed by atoms with E-state index in [2.05, 4.69) is 4.74 Å². The number of ether oxygens (including phenoxy) is 1. The van der Waals surface area contributed by atoms with E-state index in [9.17, 15) is 9.18 Å². The SMILES string of the molecule is COC(=O)c1ccc(N(C)c2ccc(C#N)cc2N)c(F)c1. The van der Waals surface area contributed by atoms with Crippen molar-refractivity contribution in [1.82, 2.24) is 0 Å². The standard InChI is InChI=1S/C16H14FN3O2/c1-20(15-5-3-10(9-18)7-13(15)19)14-6-4-11(8-12(14)17)16(21)22-2/h3-8H,19H2,1-2H3. The lowest BCUT2D eigenvalue weighted by Crippen LogP contribution is -2.14. The van der Waals surface area contributed by atoms with Gasteiger partial charge in [-0.15, -0.1) is 0 Å². The Hall–Kier alpha value is -3.07. The molecule has 0 saturated heterocycles. The molecule has 0 bridgehead atoms. The first kappa shape index (κ1) is 15.3. The second-order valence-corrected chi connectivity index (χ2v) is 4.60. The second-order valence-electron chi connectivity index (χ2n) is 4.60. The van der Waals surface area contributed by atoms with Crippen LogP contribution in [0.2, 0.25) is 0 Å². The molecule has 2 N–H and O–H groups in total. The highest BCUT2D eigenvalue weighted by molar-refractivity contribution is 5.90. The van der Waals surface area contributed by atoms with E-state index in [-0.39, 0.29) is 11.3 Å². The molecule has 0 unspecified atom stereocenters. The molecule has 2 aromatic carbocycles. The summed E-state index contributed by atoms with van der Waals surface area (Å²) in [6.07, 6.45) is 0. The molecular weight excluding hydrogens is 285 g/mol. The summed E-state index contributed by atoms with van der Waals surface area (Å²) in [6, 6.07) is 10.8. The summed E-state index contributed by atoms with van der Waals surface area (Å²) in [5.74, 6) is -1.18. The lowest BCUT2D eigenvalue weighted by molar-refractivity contribution is 0.0600. The molecule has 2 aromatic rings. The average molecular weight is 299 g/mol. The third-order valence-corrected chi connectivity index (χ3v) is 3.25. The summed E-state index contributed by atoms with van der Waals surface area (Å²) in [6.45, 7) is 0. The van der Waals surface area contributed by atoms with Crippen LogP contribution in [0.5, 0.6) is 0 Å². The number of hydrogen-bond donors (Lipinski definition) is 1. The van der Waals surface area contributed by atoms with Crippen LogP contribution >= 0.6 is 0 Å². The van der Waals surface area contributed by atoms with Crippen LogP contribution in [0, 0.1) is 17.1 Å². The number of halogens is 1. The predicted molar refractivity (Wildman–Crippen MR) is 81.4 cm³/mol. The van der Waals surface area contributed by atoms with Gasteiger partial charge in [-0.3, -0.25) is 0 Å². The number of benzene rings is 2. The second kappa shape index (κ2) is 6.14. The largest absolute Gasteiger partial charge is 0.465 e. The highest BCUT2D eigenvalue weighted by atomic mass is 19.1. The monoisotopic (exact) mass is 299 g/mol. The maximum atomic E-state index is 14.2. The van der Waals surface area contributed by atoms with Gasteiger partial charge in [0.15, 0.2) is 0 Å². The number of nitrogens with zero attached hydrogens (tertiary/aromatic N) is 2. The molecule has 0 aliphatic heterocycles. The van der Waals surface area contributed by atoms with Gasteiger partial charge in [0.25, 0.3) is 0 Å². The maximum Gasteiger partial charge on any atom is 0.337 e. The number of carbonyl (C=O) groups excluding carboxylic acids is 1. The quantitative estimate of drug-likeness (QED) is 0.696. The van der Waals surface area contributed by atoms with Crippen LogP contribution in [0.25, 0.3) is 0 Å². The first-order valence-corrected chi connectivity index (χ1v) is 6.39. The van der Waals surface area contributed by atoms with Gasteiger partial charge in [-0.2, -0.15) is 5.26 Å². The van der Waals surface area contributed by atoms with Crippen LogP contribution in [-0.2, 0) is 4.74 Å². The Labute approximate surface area is 127 Å². The Morgan fingerprint density at radius 2 is 1.95 bits per heavy atom. The number of nitrogen functional groups attached to an aromatic ring is 1. The van der Waals surface area contributed by atoms with Crippen LogP contribution in [-0.4, -0.2) is 20.1 Å². The van der Waals surface area contributed by atoms with Gasteiger partial charge >= 0.3 is 5.97 Å². The van der Waals surface area contributed by atoms with Crippen LogP contribution in [0.4, 0.5) is 21.5 Å². The third kappa shape index (κ3) is 2.83. The summed E-state index contributed by atoms with van der Waals surface area (Å²) < 4.78 is 18.8. The number of rotatable bonds is 3. The molecular formula is C16H14FN3O2. The number of nitrogens with two attached hydrogens (primary N) is 1. The highest BCUT2D eigenvalue weighted by Crippen LogP contribution is 2.31. The number of hydrogen-bond acceptors (Lipinski definition) is 5. The van der Waals surface area contributed by atoms with Gasteiger partial charge in [0, 0.05) is 7.05 Å². The van der Waals surface area contributed by atoms with E-state index in [0.29, 0.717) is 16.9 Å². The summed E-state index contributed by atoms with van der Waals surface area (Å²) in [5, 5.41) is 8.84. The first-order valence-electron chi connectivity index (χ1n) is 6.39. The van der Waals surface area contributed by atoms with Crippen molar-refractivity contribution in [3.05, 3.63) is 53.3 Å². The van der Waals surface area contributed by atoms with Crippen molar-refractivity contribution >= 4 is 23.0 Å². The topological polar surface area (TPSA) is 79.3 Å². The maximum absolute atomic E-state index is 14.2. The van der Waals surface area contributed by atoms with Gasteiger partial charge in [-0.25, -0.2) is 9.18 Å². The smallest absolute Gasteiger partial charge is 0.337 e. The van der Waals surface area contributed by atoms with E-state index in [0.717, 1.165) is 6.07 Å². The zero-order valence-electron chi connectivity index (χ0n) is 12.1. The lowest BCUT2D eigenvalue weighted by atomic mass is 10.1. The minimum Gasteiger partial charge on any atom is -0.465 e. The van der Waals surface area contributed by atoms with Crippen LogP contribution in [0.3, 0.4) is 0 Å². The van der Waals surface area contributed by atoms with E-state index in [4.69, 9.17) is 11.0 Å². The molecule has 5 nitrogen and oxygen atoms in total. The van der Waals surface area contributed by atoms with E-state index in [1.807, 2.05) is 6.07 Å². The fourth-order valence-electron chi connectivity index (χ4n) is 2.08. The molecule has 6 heteroatoms. The summed E-state index contributed by atoms with van der Waals surface area (Å²) in [4.78, 5) is 12.9. The lowest BCUT2D eigenvalue weighted by Gasteiger charge is -2.22. The Morgan fingerprint density at radius 1 is 1.27 bits per heavy atom. The molecule has 0 aliphatic carbocycles. The summed E-state index contributed by atoms with van der Waals surface area (Å²) in [5.41, 5.74) is 7.62. The van der Waals surface area contributed by atoms with Crippen molar-refractivity contribution in [3.8, 4) is 6.07 Å². The molecule has 22 heavy (non-hydrogen) atoms. The fraction of sp³-hybridized carbons (Fsp3) is 0.125. The number of methoxy groups -OCH3 is 1. The van der Waals surface area contributed by atoms with Crippen LogP contribution in [0.1, 0.15) is 15.9 Å². The molecule has 0 heterocycles. The normalized spacial score (nSPS) is 9.91. The van der Waals surface area contributed by atoms with E-state index in [1.165, 1.54) is 25.3 Å². The molecule has 0 spiro atoms. The Balaban J connectivity index is 2.40. The van der Waals surface area contributed by atoms with Crippen molar-refractivity contribution in [3.63, 3.8) is 0 Å². The van der Waals surface area contributed by atoms with Gasteiger partial charge in [0.1, 0.15) is 5.82 Å². The van der Waals surface area contributed by atoms with E-state index >= 15 is 0 Å². The Morgan fingerprint density at radius 3 is 2.50 bits per heavy atom. The van der Waals surface area contributed by atoms with E-state index < -0.39 is 11.8 Å². The molecule has 112 valence electrons. The summed E-state index contributed by atoms with van der Waals surface area (Å²) >= 11 is 0. The van der Waals surface area contributed by atoms with Crippen LogP contribution < -0.4 is 10.6 Å². The van der Waals surface area contributed by atoms with Crippen molar-refractivity contribution in [2.75, 3.05) is 24.8 Å². The Kier molecular flexibility index (Phi) is 4.28. The Bertz CT molecular complexity index is 768. The molecule has 0 aliphatic rings. The van der Waals surface area contributed by atoms with Crippen LogP contribution in [0.15, 0.2) is 36.4 Å². The molecule has 2 rings (SSSR count). The van der Waals surface area contributed by atoms with Crippen molar-refractivity contribution in [1.29, 1.82) is 5.26 Å². The first-order chi connectivity index (χ1) is 10.5. The van der Waals surface area contributed by atoms with Gasteiger partial charge in [-0.05, 0) is 36.4 Å². The molecule has 0 radical (unpaired) electrons. The third-order valence-electron chi connectivity index (χ3n) is 3.25. The van der Waals surface area contributed by atoms with Crippen molar-refractivity contribution in [2.24, 2.45) is 0 Å². The molecule has 0 atom stereocenters. The van der Waals surface area contributed by atoms with Gasteiger partial charge in [0.05, 0.1) is 41.4 Å². The molecule has 0 saturated carbocycles. The van der Waals surface area contributed by atoms with E-state index in [1.54, 1.807) is 24.1 Å². The zero-order valence-corrected chi connectivity index (χ0v) is 12.1. The number of nitriles is 1. The van der Waals surface area contributed by atoms with Gasteiger partial charge in [-0.1, -0.05) is 0 Å². The number of carbonyl (C=O) groups is 1. The van der Waals surface area contributed by atoms with Gasteiger partial charge in [0.2, 0.25) is 0 Å². The fourth-order valence-corrected chi connectivity index (χ4v) is 2.08. The van der Waals surface area contributed by atoms with Gasteiger partial charge < -0.3 is 15.4 Å². The molecule has 0 aromatic heterocycles.